The van der Waals surface area contributed by atoms with Crippen LogP contribution in [-0.4, -0.2) is 25.3 Å². The second-order valence-corrected chi connectivity index (χ2v) is 4.19. The van der Waals surface area contributed by atoms with Gasteiger partial charge in [0, 0.05) is 30.8 Å². The van der Waals surface area contributed by atoms with Crippen LogP contribution in [0.3, 0.4) is 0 Å². The zero-order valence-corrected chi connectivity index (χ0v) is 10.8. The Morgan fingerprint density at radius 2 is 2.11 bits per heavy atom. The van der Waals surface area contributed by atoms with Crippen molar-refractivity contribution in [1.29, 1.82) is 0 Å². The van der Waals surface area contributed by atoms with Gasteiger partial charge in [0.25, 0.3) is 0 Å². The van der Waals surface area contributed by atoms with E-state index in [-0.39, 0.29) is 12.4 Å². The topological polar surface area (TPSA) is 104 Å². The molecule has 2 aromatic heterocycles. The van der Waals surface area contributed by atoms with Crippen LogP contribution in [0.5, 0.6) is 5.75 Å². The fourth-order valence-corrected chi connectivity index (χ4v) is 1.73. The third kappa shape index (κ3) is 3.07. The van der Waals surface area contributed by atoms with E-state index in [4.69, 9.17) is 4.52 Å². The number of nitrogens with one attached hydrogen (secondary N) is 1. The molecule has 0 bridgehead atoms. The van der Waals surface area contributed by atoms with E-state index in [0.717, 1.165) is 0 Å². The number of hydrogen-bond donors (Lipinski definition) is 3. The Kier molecular flexibility index (Phi) is 4.08. The number of hydrogen-bond acceptors (Lipinski definition) is 7. The Hall–Kier alpha value is -1.99. The molecule has 0 spiro atoms. The van der Waals surface area contributed by atoms with Crippen LogP contribution in [0.2, 0.25) is 0 Å². The lowest BCUT2D eigenvalue weighted by Crippen LogP contribution is -2.15. The standard InChI is InChI=1S/C12H16N4O3/c1-7-12(18)10(9(6-17)3-14-7)4-13-5-11-15-8(2)19-16-11/h3,13,17-18H,4-6H2,1-2H3. The molecule has 0 amide bonds. The predicted octanol–water partition coefficient (Wildman–Crippen LogP) is 0.569. The molecular weight excluding hydrogens is 248 g/mol. The molecule has 102 valence electrons. The Morgan fingerprint density at radius 3 is 2.74 bits per heavy atom. The monoisotopic (exact) mass is 264 g/mol. The van der Waals surface area contributed by atoms with Crippen LogP contribution < -0.4 is 5.32 Å². The van der Waals surface area contributed by atoms with Gasteiger partial charge >= 0.3 is 0 Å². The van der Waals surface area contributed by atoms with E-state index in [9.17, 15) is 10.2 Å². The Morgan fingerprint density at radius 1 is 1.32 bits per heavy atom. The van der Waals surface area contributed by atoms with E-state index >= 15 is 0 Å². The van der Waals surface area contributed by atoms with Gasteiger partial charge in [-0.2, -0.15) is 4.98 Å². The number of pyridine rings is 1. The van der Waals surface area contributed by atoms with Crippen molar-refractivity contribution in [2.75, 3.05) is 0 Å². The van der Waals surface area contributed by atoms with Crippen molar-refractivity contribution in [1.82, 2.24) is 20.4 Å². The summed E-state index contributed by atoms with van der Waals surface area (Å²) in [4.78, 5) is 8.06. The average molecular weight is 264 g/mol. The van der Waals surface area contributed by atoms with Crippen LogP contribution in [0.15, 0.2) is 10.7 Å². The van der Waals surface area contributed by atoms with Crippen LogP contribution >= 0.6 is 0 Å². The van der Waals surface area contributed by atoms with E-state index < -0.39 is 0 Å². The molecular formula is C12H16N4O3. The average Bonchev–Trinajstić information content (AvgIpc) is 2.80. The molecule has 0 unspecified atom stereocenters. The number of aromatic nitrogens is 3. The number of nitrogens with zero attached hydrogens (tertiary/aromatic N) is 3. The molecule has 0 aliphatic rings. The normalized spacial score (nSPS) is 10.9. The van der Waals surface area contributed by atoms with Crippen molar-refractivity contribution < 1.29 is 14.7 Å². The van der Waals surface area contributed by atoms with Crippen LogP contribution in [0, 0.1) is 13.8 Å². The van der Waals surface area contributed by atoms with E-state index in [0.29, 0.717) is 41.6 Å². The maximum Gasteiger partial charge on any atom is 0.223 e. The van der Waals surface area contributed by atoms with E-state index in [2.05, 4.69) is 20.4 Å². The second-order valence-electron chi connectivity index (χ2n) is 4.19. The molecule has 0 radical (unpaired) electrons. The third-order valence-electron chi connectivity index (χ3n) is 2.76. The van der Waals surface area contributed by atoms with Gasteiger partial charge in [0.2, 0.25) is 5.89 Å². The van der Waals surface area contributed by atoms with Crippen molar-refractivity contribution in [2.45, 2.75) is 33.5 Å². The summed E-state index contributed by atoms with van der Waals surface area (Å²) in [6, 6.07) is 0. The predicted molar refractivity (Wildman–Crippen MR) is 66.1 cm³/mol. The number of aliphatic hydroxyl groups excluding tert-OH is 1. The highest BCUT2D eigenvalue weighted by atomic mass is 16.5. The molecule has 2 rings (SSSR count). The Balaban J connectivity index is 2.04. The molecule has 7 heteroatoms. The molecule has 0 aromatic carbocycles. The Labute approximate surface area is 110 Å². The van der Waals surface area contributed by atoms with Crippen molar-refractivity contribution in [3.8, 4) is 5.75 Å². The summed E-state index contributed by atoms with van der Waals surface area (Å²) in [5.41, 5.74) is 1.76. The van der Waals surface area contributed by atoms with Gasteiger partial charge in [-0.3, -0.25) is 4.98 Å². The first-order chi connectivity index (χ1) is 9.11. The number of aryl methyl sites for hydroxylation is 2. The SMILES string of the molecule is Cc1nc(CNCc2c(CO)cnc(C)c2O)no1. The van der Waals surface area contributed by atoms with Crippen molar-refractivity contribution in [3.63, 3.8) is 0 Å². The maximum atomic E-state index is 9.95. The highest BCUT2D eigenvalue weighted by Crippen LogP contribution is 2.23. The van der Waals surface area contributed by atoms with Crippen molar-refractivity contribution >= 4 is 0 Å². The lowest BCUT2D eigenvalue weighted by Gasteiger charge is -2.11. The summed E-state index contributed by atoms with van der Waals surface area (Å²) in [7, 11) is 0. The van der Waals surface area contributed by atoms with Gasteiger partial charge < -0.3 is 20.1 Å². The van der Waals surface area contributed by atoms with Gasteiger partial charge in [-0.25, -0.2) is 0 Å². The smallest absolute Gasteiger partial charge is 0.223 e. The summed E-state index contributed by atoms with van der Waals surface area (Å²) < 4.78 is 4.85. The lowest BCUT2D eigenvalue weighted by molar-refractivity contribution is 0.278. The van der Waals surface area contributed by atoms with Crippen molar-refractivity contribution in [3.05, 3.63) is 34.7 Å². The van der Waals surface area contributed by atoms with Gasteiger partial charge in [0.15, 0.2) is 5.82 Å². The first-order valence-corrected chi connectivity index (χ1v) is 5.89. The molecule has 7 nitrogen and oxygen atoms in total. The number of rotatable bonds is 5. The lowest BCUT2D eigenvalue weighted by atomic mass is 10.1. The van der Waals surface area contributed by atoms with E-state index in [1.54, 1.807) is 20.0 Å². The fraction of sp³-hybridized carbons (Fsp3) is 0.417. The van der Waals surface area contributed by atoms with Crippen LogP contribution in [0.1, 0.15) is 28.5 Å². The zero-order chi connectivity index (χ0) is 13.8. The number of aliphatic hydroxyl groups is 1. The first kappa shape index (κ1) is 13.4. The number of aromatic hydroxyl groups is 1. The molecule has 2 aromatic rings. The molecule has 0 saturated heterocycles. The second kappa shape index (κ2) is 5.77. The Bertz CT molecular complexity index is 568. The minimum absolute atomic E-state index is 0.100. The summed E-state index contributed by atoms with van der Waals surface area (Å²) in [6.45, 7) is 4.07. The first-order valence-electron chi connectivity index (χ1n) is 5.89. The fourth-order valence-electron chi connectivity index (χ4n) is 1.73. The molecule has 0 atom stereocenters. The molecule has 0 aliphatic carbocycles. The quantitative estimate of drug-likeness (QED) is 0.725. The van der Waals surface area contributed by atoms with E-state index in [1.165, 1.54) is 0 Å². The van der Waals surface area contributed by atoms with Gasteiger partial charge in [-0.1, -0.05) is 5.16 Å². The molecule has 0 fully saturated rings. The molecule has 19 heavy (non-hydrogen) atoms. The summed E-state index contributed by atoms with van der Waals surface area (Å²) in [5, 5.41) is 26.0. The molecule has 2 heterocycles. The van der Waals surface area contributed by atoms with Crippen LogP contribution in [0.25, 0.3) is 0 Å². The highest BCUT2D eigenvalue weighted by Gasteiger charge is 2.11. The summed E-state index contributed by atoms with van der Waals surface area (Å²) in [5.74, 6) is 1.16. The van der Waals surface area contributed by atoms with Crippen LogP contribution in [0.4, 0.5) is 0 Å². The van der Waals surface area contributed by atoms with Gasteiger partial charge in [0.05, 0.1) is 18.8 Å². The largest absolute Gasteiger partial charge is 0.506 e. The van der Waals surface area contributed by atoms with E-state index in [1.807, 2.05) is 0 Å². The highest BCUT2D eigenvalue weighted by molar-refractivity contribution is 5.40. The van der Waals surface area contributed by atoms with Gasteiger partial charge in [-0.05, 0) is 6.92 Å². The van der Waals surface area contributed by atoms with Gasteiger partial charge in [0.1, 0.15) is 5.75 Å². The molecule has 0 saturated carbocycles. The summed E-state index contributed by atoms with van der Waals surface area (Å²) in [6.07, 6.45) is 1.56. The van der Waals surface area contributed by atoms with Crippen molar-refractivity contribution in [2.24, 2.45) is 0 Å². The molecule has 0 aliphatic heterocycles. The third-order valence-corrected chi connectivity index (χ3v) is 2.76. The van der Waals surface area contributed by atoms with Gasteiger partial charge in [-0.15, -0.1) is 0 Å². The zero-order valence-electron chi connectivity index (χ0n) is 10.8. The summed E-state index contributed by atoms with van der Waals surface area (Å²) >= 11 is 0. The minimum atomic E-state index is -0.167. The minimum Gasteiger partial charge on any atom is -0.506 e. The van der Waals surface area contributed by atoms with Crippen LogP contribution in [-0.2, 0) is 19.7 Å². The molecule has 3 N–H and O–H groups in total. The maximum absolute atomic E-state index is 9.95.